The van der Waals surface area contributed by atoms with Crippen LogP contribution in [0.5, 0.6) is 0 Å². The minimum absolute atomic E-state index is 0.0733. The molecule has 0 radical (unpaired) electrons. The Morgan fingerprint density at radius 1 is 1.50 bits per heavy atom. The second kappa shape index (κ2) is 3.86. The summed E-state index contributed by atoms with van der Waals surface area (Å²) in [6.45, 7) is 3.72. The molecule has 0 aromatic carbocycles. The topological polar surface area (TPSA) is 53.1 Å². The molecule has 1 aliphatic heterocycles. The molecule has 88 valence electrons. The molecule has 1 aromatic rings. The fourth-order valence-electron chi connectivity index (χ4n) is 2.35. The number of rotatable bonds is 3. The van der Waals surface area contributed by atoms with E-state index in [9.17, 15) is 0 Å². The smallest absolute Gasteiger partial charge is 0.0683 e. The molecule has 0 spiro atoms. The molecule has 2 aliphatic rings. The molecule has 2 fully saturated rings. The van der Waals surface area contributed by atoms with Crippen LogP contribution in [0, 0.1) is 0 Å². The Kier molecular flexibility index (Phi) is 2.48. The van der Waals surface area contributed by atoms with Crippen LogP contribution in [0.2, 0.25) is 0 Å². The zero-order valence-corrected chi connectivity index (χ0v) is 9.72. The van der Waals surface area contributed by atoms with Gasteiger partial charge in [0, 0.05) is 18.6 Å². The Morgan fingerprint density at radius 2 is 2.31 bits per heavy atom. The van der Waals surface area contributed by atoms with Gasteiger partial charge in [-0.05, 0) is 32.3 Å². The van der Waals surface area contributed by atoms with Gasteiger partial charge in [-0.2, -0.15) is 5.10 Å². The summed E-state index contributed by atoms with van der Waals surface area (Å²) >= 11 is 0. The molecule has 1 aliphatic carbocycles. The van der Waals surface area contributed by atoms with Crippen LogP contribution in [0.25, 0.3) is 0 Å². The highest BCUT2D eigenvalue weighted by atomic mass is 16.5. The number of nitrogens with zero attached hydrogens (tertiary/aromatic N) is 2. The quantitative estimate of drug-likeness (QED) is 0.846. The van der Waals surface area contributed by atoms with E-state index < -0.39 is 0 Å². The summed E-state index contributed by atoms with van der Waals surface area (Å²) in [5, 5.41) is 4.73. The van der Waals surface area contributed by atoms with Gasteiger partial charge in [0.05, 0.1) is 24.0 Å². The second-order valence-electron chi connectivity index (χ2n) is 5.02. The zero-order valence-electron chi connectivity index (χ0n) is 9.72. The number of hydrogen-bond donors (Lipinski definition) is 1. The number of hydrogen-bond acceptors (Lipinski definition) is 3. The van der Waals surface area contributed by atoms with Crippen LogP contribution in [0.15, 0.2) is 6.07 Å². The Labute approximate surface area is 95.8 Å². The van der Waals surface area contributed by atoms with E-state index in [1.807, 2.05) is 6.92 Å². The maximum absolute atomic E-state index is 6.00. The van der Waals surface area contributed by atoms with Gasteiger partial charge < -0.3 is 10.5 Å². The van der Waals surface area contributed by atoms with Crippen LogP contribution < -0.4 is 5.73 Å². The van der Waals surface area contributed by atoms with Crippen LogP contribution in [0.4, 0.5) is 0 Å². The van der Waals surface area contributed by atoms with E-state index in [0.717, 1.165) is 19.6 Å². The van der Waals surface area contributed by atoms with Crippen LogP contribution in [0.3, 0.4) is 0 Å². The average Bonchev–Trinajstić information content (AvgIpc) is 2.83. The minimum atomic E-state index is 0.0733. The molecule has 4 nitrogen and oxygen atoms in total. The van der Waals surface area contributed by atoms with Crippen molar-refractivity contribution in [3.8, 4) is 0 Å². The van der Waals surface area contributed by atoms with Crippen molar-refractivity contribution in [3.63, 3.8) is 0 Å². The van der Waals surface area contributed by atoms with Crippen molar-refractivity contribution >= 4 is 0 Å². The summed E-state index contributed by atoms with van der Waals surface area (Å²) in [6, 6.07) is 2.86. The molecular formula is C12H19N3O. The fraction of sp³-hybridized carbons (Fsp3) is 0.750. The summed E-state index contributed by atoms with van der Waals surface area (Å²) in [5.74, 6) is 0.484. The summed E-state index contributed by atoms with van der Waals surface area (Å²) in [5.41, 5.74) is 8.36. The Hall–Kier alpha value is -0.870. The molecular weight excluding hydrogens is 202 g/mol. The van der Waals surface area contributed by atoms with Gasteiger partial charge in [-0.25, -0.2) is 0 Å². The van der Waals surface area contributed by atoms with Gasteiger partial charge in [0.2, 0.25) is 0 Å². The van der Waals surface area contributed by atoms with E-state index in [1.54, 1.807) is 0 Å². The molecule has 1 saturated heterocycles. The van der Waals surface area contributed by atoms with Gasteiger partial charge in [0.25, 0.3) is 0 Å². The van der Waals surface area contributed by atoms with E-state index in [2.05, 4.69) is 10.7 Å². The van der Waals surface area contributed by atoms with Crippen LogP contribution in [0.1, 0.15) is 55.6 Å². The summed E-state index contributed by atoms with van der Waals surface area (Å²) < 4.78 is 7.57. The lowest BCUT2D eigenvalue weighted by atomic mass is 10.0. The Bertz CT molecular complexity index is 356. The van der Waals surface area contributed by atoms with E-state index in [4.69, 9.17) is 15.6 Å². The summed E-state index contributed by atoms with van der Waals surface area (Å²) in [6.07, 6.45) is 3.60. The predicted molar refractivity (Wildman–Crippen MR) is 61.3 cm³/mol. The van der Waals surface area contributed by atoms with Gasteiger partial charge in [-0.15, -0.1) is 0 Å². The summed E-state index contributed by atoms with van der Waals surface area (Å²) in [4.78, 5) is 0. The first kappa shape index (κ1) is 10.3. The van der Waals surface area contributed by atoms with E-state index >= 15 is 0 Å². The van der Waals surface area contributed by atoms with Crippen LogP contribution >= 0.6 is 0 Å². The van der Waals surface area contributed by atoms with Gasteiger partial charge >= 0.3 is 0 Å². The lowest BCUT2D eigenvalue weighted by Gasteiger charge is -2.07. The molecule has 3 rings (SSSR count). The molecule has 2 heterocycles. The normalized spacial score (nSPS) is 27.2. The first-order valence-corrected chi connectivity index (χ1v) is 6.18. The van der Waals surface area contributed by atoms with Crippen molar-refractivity contribution in [1.29, 1.82) is 0 Å². The van der Waals surface area contributed by atoms with E-state index in [0.29, 0.717) is 12.0 Å². The molecule has 2 atom stereocenters. The highest BCUT2D eigenvalue weighted by Gasteiger charge is 2.30. The van der Waals surface area contributed by atoms with Gasteiger partial charge in [0.15, 0.2) is 0 Å². The first-order chi connectivity index (χ1) is 7.75. The third-order valence-electron chi connectivity index (χ3n) is 3.49. The van der Waals surface area contributed by atoms with Crippen molar-refractivity contribution in [1.82, 2.24) is 9.78 Å². The van der Waals surface area contributed by atoms with Crippen molar-refractivity contribution in [2.45, 2.75) is 44.2 Å². The molecule has 0 bridgehead atoms. The zero-order chi connectivity index (χ0) is 11.1. The number of nitrogens with two attached hydrogens (primary N) is 1. The summed E-state index contributed by atoms with van der Waals surface area (Å²) in [7, 11) is 0. The highest BCUT2D eigenvalue weighted by Crippen LogP contribution is 2.38. The molecule has 16 heavy (non-hydrogen) atoms. The molecule has 1 saturated carbocycles. The standard InChI is InChI=1S/C12H19N3O/c1-8(13)12-6-11(9-4-5-16-7-9)14-15(12)10-2-3-10/h6,8-10H,2-5,7,13H2,1H3. The van der Waals surface area contributed by atoms with Crippen molar-refractivity contribution in [2.75, 3.05) is 13.2 Å². The van der Waals surface area contributed by atoms with Crippen LogP contribution in [-0.2, 0) is 4.74 Å². The molecule has 1 aromatic heterocycles. The van der Waals surface area contributed by atoms with Crippen molar-refractivity contribution in [2.24, 2.45) is 5.73 Å². The lowest BCUT2D eigenvalue weighted by molar-refractivity contribution is 0.193. The van der Waals surface area contributed by atoms with E-state index in [-0.39, 0.29) is 6.04 Å². The van der Waals surface area contributed by atoms with Gasteiger partial charge in [-0.3, -0.25) is 4.68 Å². The third kappa shape index (κ3) is 1.76. The predicted octanol–water partition coefficient (Wildman–Crippen LogP) is 1.74. The maximum Gasteiger partial charge on any atom is 0.0683 e. The molecule has 0 amide bonds. The number of aromatic nitrogens is 2. The van der Waals surface area contributed by atoms with E-state index in [1.165, 1.54) is 24.2 Å². The largest absolute Gasteiger partial charge is 0.381 e. The Morgan fingerprint density at radius 3 is 2.88 bits per heavy atom. The monoisotopic (exact) mass is 221 g/mol. The lowest BCUT2D eigenvalue weighted by Crippen LogP contribution is -2.12. The molecule has 2 N–H and O–H groups in total. The van der Waals surface area contributed by atoms with Gasteiger partial charge in [-0.1, -0.05) is 0 Å². The van der Waals surface area contributed by atoms with Gasteiger partial charge in [0.1, 0.15) is 0 Å². The SMILES string of the molecule is CC(N)c1cc(C2CCOC2)nn1C1CC1. The van der Waals surface area contributed by atoms with Crippen molar-refractivity contribution < 1.29 is 4.74 Å². The average molecular weight is 221 g/mol. The second-order valence-corrected chi connectivity index (χ2v) is 5.02. The maximum atomic E-state index is 6.00. The minimum Gasteiger partial charge on any atom is -0.381 e. The highest BCUT2D eigenvalue weighted by molar-refractivity contribution is 5.19. The molecule has 2 unspecified atom stereocenters. The van der Waals surface area contributed by atoms with Crippen molar-refractivity contribution in [3.05, 3.63) is 17.5 Å². The fourth-order valence-corrected chi connectivity index (χ4v) is 2.35. The first-order valence-electron chi connectivity index (χ1n) is 6.18. The Balaban J connectivity index is 1.91. The number of ether oxygens (including phenoxy) is 1. The molecule has 4 heteroatoms. The third-order valence-corrected chi connectivity index (χ3v) is 3.49. The van der Waals surface area contributed by atoms with Crippen LogP contribution in [-0.4, -0.2) is 23.0 Å².